The van der Waals surface area contributed by atoms with Crippen molar-refractivity contribution in [3.05, 3.63) is 34.7 Å². The summed E-state index contributed by atoms with van der Waals surface area (Å²) in [5.41, 5.74) is 0.172. The number of rotatable bonds is 3. The molecule has 3 heterocycles. The van der Waals surface area contributed by atoms with E-state index in [2.05, 4.69) is 36.1 Å². The fraction of sp³-hybridized carbons (Fsp3) is 0.462. The molecule has 1 aliphatic heterocycles. The highest BCUT2D eigenvalue weighted by molar-refractivity contribution is 9.10. The van der Waals surface area contributed by atoms with Crippen molar-refractivity contribution >= 4 is 21.7 Å². The van der Waals surface area contributed by atoms with Crippen LogP contribution in [0.3, 0.4) is 0 Å². The number of β-amino-alcohol motifs (C(OH)–C–C–N with tert-alkyl or cyclic N) is 1. The molecule has 1 fully saturated rings. The Morgan fingerprint density at radius 2 is 2.30 bits per heavy atom. The largest absolute Gasteiger partial charge is 0.386 e. The molecule has 0 radical (unpaired) electrons. The highest BCUT2D eigenvalue weighted by atomic mass is 79.9. The van der Waals surface area contributed by atoms with Gasteiger partial charge in [-0.1, -0.05) is 5.21 Å². The first-order valence-corrected chi connectivity index (χ1v) is 7.30. The second-order valence-corrected chi connectivity index (χ2v) is 6.09. The zero-order valence-electron chi connectivity index (χ0n) is 11.2. The van der Waals surface area contributed by atoms with Crippen LogP contribution in [0.4, 0.5) is 5.82 Å². The molecular formula is C13H16BrN5O. The lowest BCUT2D eigenvalue weighted by molar-refractivity contribution is 0.0408. The van der Waals surface area contributed by atoms with Crippen molar-refractivity contribution in [3.8, 4) is 0 Å². The van der Waals surface area contributed by atoms with E-state index < -0.39 is 5.60 Å². The summed E-state index contributed by atoms with van der Waals surface area (Å²) in [5, 5.41) is 18.3. The van der Waals surface area contributed by atoms with Gasteiger partial charge < -0.3 is 10.0 Å². The molecule has 0 spiro atoms. The van der Waals surface area contributed by atoms with Crippen LogP contribution in [0, 0.1) is 6.92 Å². The van der Waals surface area contributed by atoms with Crippen molar-refractivity contribution in [1.82, 2.24) is 20.0 Å². The van der Waals surface area contributed by atoms with E-state index in [4.69, 9.17) is 0 Å². The minimum atomic E-state index is -0.781. The van der Waals surface area contributed by atoms with E-state index in [1.165, 1.54) is 0 Å². The van der Waals surface area contributed by atoms with Gasteiger partial charge in [0.1, 0.15) is 11.4 Å². The molecular weight excluding hydrogens is 322 g/mol. The van der Waals surface area contributed by atoms with Gasteiger partial charge in [-0.15, -0.1) is 5.10 Å². The van der Waals surface area contributed by atoms with Crippen LogP contribution in [0.5, 0.6) is 0 Å². The Labute approximate surface area is 125 Å². The Morgan fingerprint density at radius 1 is 1.45 bits per heavy atom. The minimum Gasteiger partial charge on any atom is -0.386 e. The van der Waals surface area contributed by atoms with E-state index in [1.54, 1.807) is 17.1 Å². The second kappa shape index (κ2) is 5.14. The maximum absolute atomic E-state index is 10.7. The Balaban J connectivity index is 1.73. The van der Waals surface area contributed by atoms with Crippen molar-refractivity contribution < 1.29 is 5.11 Å². The molecule has 1 N–H and O–H groups in total. The van der Waals surface area contributed by atoms with Crippen LogP contribution in [-0.4, -0.2) is 43.8 Å². The SMILES string of the molecule is Cc1nc(N2CCC(O)(Cn3ccnn3)C2)ccc1Br. The quantitative estimate of drug-likeness (QED) is 0.916. The number of nitrogens with zero attached hydrogens (tertiary/aromatic N) is 5. The van der Waals surface area contributed by atoms with Gasteiger partial charge in [-0.25, -0.2) is 9.67 Å². The molecule has 20 heavy (non-hydrogen) atoms. The van der Waals surface area contributed by atoms with Crippen molar-refractivity contribution in [2.24, 2.45) is 0 Å². The van der Waals surface area contributed by atoms with Gasteiger partial charge in [-0.2, -0.15) is 0 Å². The minimum absolute atomic E-state index is 0.457. The van der Waals surface area contributed by atoms with E-state index in [0.717, 1.165) is 22.5 Å². The zero-order valence-corrected chi connectivity index (χ0v) is 12.8. The summed E-state index contributed by atoms with van der Waals surface area (Å²) < 4.78 is 2.67. The van der Waals surface area contributed by atoms with Gasteiger partial charge >= 0.3 is 0 Å². The molecule has 2 aromatic rings. The number of aromatic nitrogens is 4. The Hall–Kier alpha value is -1.47. The van der Waals surface area contributed by atoms with Crippen LogP contribution in [-0.2, 0) is 6.54 Å². The molecule has 1 saturated heterocycles. The summed E-state index contributed by atoms with van der Waals surface area (Å²) in [6, 6.07) is 3.96. The normalized spacial score (nSPS) is 22.4. The molecule has 3 rings (SSSR count). The Morgan fingerprint density at radius 3 is 3.00 bits per heavy atom. The van der Waals surface area contributed by atoms with Crippen LogP contribution < -0.4 is 4.90 Å². The summed E-state index contributed by atoms with van der Waals surface area (Å²) in [6.07, 6.45) is 4.09. The van der Waals surface area contributed by atoms with Gasteiger partial charge in [0, 0.05) is 23.8 Å². The molecule has 6 nitrogen and oxygen atoms in total. The third-order valence-corrected chi connectivity index (χ3v) is 4.43. The highest BCUT2D eigenvalue weighted by Crippen LogP contribution is 2.28. The number of hydrogen-bond acceptors (Lipinski definition) is 5. The third-order valence-electron chi connectivity index (χ3n) is 3.59. The predicted octanol–water partition coefficient (Wildman–Crippen LogP) is 1.39. The van der Waals surface area contributed by atoms with Crippen LogP contribution in [0.2, 0.25) is 0 Å². The van der Waals surface area contributed by atoms with Gasteiger partial charge in [0.15, 0.2) is 0 Å². The monoisotopic (exact) mass is 337 g/mol. The molecule has 7 heteroatoms. The van der Waals surface area contributed by atoms with Gasteiger partial charge in [0.05, 0.1) is 18.4 Å². The molecule has 1 atom stereocenters. The number of halogens is 1. The zero-order chi connectivity index (χ0) is 14.2. The average Bonchev–Trinajstić information content (AvgIpc) is 3.03. The molecule has 0 bridgehead atoms. The van der Waals surface area contributed by atoms with Crippen molar-refractivity contribution in [3.63, 3.8) is 0 Å². The molecule has 106 valence electrons. The summed E-state index contributed by atoms with van der Waals surface area (Å²) in [4.78, 5) is 6.66. The number of pyridine rings is 1. The Bertz CT molecular complexity index is 603. The van der Waals surface area contributed by atoms with E-state index in [0.29, 0.717) is 19.5 Å². The standard InChI is InChI=1S/C13H16BrN5O/c1-10-11(14)2-3-12(16-10)18-6-4-13(20,8-18)9-19-7-5-15-17-19/h2-3,5,7,20H,4,6,8-9H2,1H3. The maximum atomic E-state index is 10.7. The van der Waals surface area contributed by atoms with Crippen LogP contribution >= 0.6 is 15.9 Å². The molecule has 0 aromatic carbocycles. The average molecular weight is 338 g/mol. The third kappa shape index (κ3) is 2.69. The number of hydrogen-bond donors (Lipinski definition) is 1. The van der Waals surface area contributed by atoms with Crippen LogP contribution in [0.25, 0.3) is 0 Å². The second-order valence-electron chi connectivity index (χ2n) is 5.23. The van der Waals surface area contributed by atoms with Crippen molar-refractivity contribution in [2.75, 3.05) is 18.0 Å². The van der Waals surface area contributed by atoms with E-state index >= 15 is 0 Å². The molecule has 0 amide bonds. The topological polar surface area (TPSA) is 67.1 Å². The summed E-state index contributed by atoms with van der Waals surface area (Å²) in [5.74, 6) is 0.903. The first-order chi connectivity index (χ1) is 9.56. The van der Waals surface area contributed by atoms with E-state index in [1.807, 2.05) is 19.1 Å². The summed E-state index contributed by atoms with van der Waals surface area (Å²) in [7, 11) is 0. The van der Waals surface area contributed by atoms with Crippen molar-refractivity contribution in [1.29, 1.82) is 0 Å². The lowest BCUT2D eigenvalue weighted by Gasteiger charge is -2.23. The number of anilines is 1. The number of aryl methyl sites for hydroxylation is 1. The van der Waals surface area contributed by atoms with Gasteiger partial charge in [-0.05, 0) is 41.4 Å². The molecule has 2 aromatic heterocycles. The first-order valence-electron chi connectivity index (χ1n) is 6.50. The number of aliphatic hydroxyl groups is 1. The predicted molar refractivity (Wildman–Crippen MR) is 78.5 cm³/mol. The first kappa shape index (κ1) is 13.5. The fourth-order valence-electron chi connectivity index (χ4n) is 2.51. The van der Waals surface area contributed by atoms with Gasteiger partial charge in [0.25, 0.3) is 0 Å². The molecule has 0 saturated carbocycles. The highest BCUT2D eigenvalue weighted by Gasteiger charge is 2.37. The molecule has 1 aliphatic rings. The van der Waals surface area contributed by atoms with Gasteiger partial charge in [0.2, 0.25) is 0 Å². The Kier molecular flexibility index (Phi) is 3.47. The summed E-state index contributed by atoms with van der Waals surface area (Å²) >= 11 is 3.45. The molecule has 1 unspecified atom stereocenters. The van der Waals surface area contributed by atoms with Crippen LogP contribution in [0.1, 0.15) is 12.1 Å². The van der Waals surface area contributed by atoms with E-state index in [-0.39, 0.29) is 0 Å². The lowest BCUT2D eigenvalue weighted by atomic mass is 10.0. The maximum Gasteiger partial charge on any atom is 0.128 e. The molecule has 0 aliphatic carbocycles. The van der Waals surface area contributed by atoms with Crippen LogP contribution in [0.15, 0.2) is 29.0 Å². The van der Waals surface area contributed by atoms with Gasteiger partial charge in [-0.3, -0.25) is 0 Å². The van der Waals surface area contributed by atoms with E-state index in [9.17, 15) is 5.11 Å². The summed E-state index contributed by atoms with van der Waals surface area (Å²) in [6.45, 7) is 3.77. The smallest absolute Gasteiger partial charge is 0.128 e. The van der Waals surface area contributed by atoms with Crippen molar-refractivity contribution in [2.45, 2.75) is 25.5 Å². The lowest BCUT2D eigenvalue weighted by Crippen LogP contribution is -2.38. The fourth-order valence-corrected chi connectivity index (χ4v) is 2.73.